The van der Waals surface area contributed by atoms with Gasteiger partial charge in [0.05, 0.1) is 5.51 Å². The minimum absolute atomic E-state index is 0.206. The van der Waals surface area contributed by atoms with Crippen LogP contribution < -0.4 is 10.1 Å². The monoisotopic (exact) mass is 306 g/mol. The standard InChI is InChI=1S/C15H18N2OS2/c1-2-17-12(7-11-8-16-10-20-11)14-9-19-15-6-4-3-5-13(15)18-14/h3-6,8,10,12,14,17H,2,7,9H2,1H3. The fourth-order valence-corrected chi connectivity index (χ4v) is 4.12. The van der Waals surface area contributed by atoms with E-state index < -0.39 is 0 Å². The van der Waals surface area contributed by atoms with Crippen molar-refractivity contribution in [3.63, 3.8) is 0 Å². The molecule has 0 spiro atoms. The highest BCUT2D eigenvalue weighted by atomic mass is 32.2. The number of fused-ring (bicyclic) bond motifs is 1. The first-order chi connectivity index (χ1) is 9.86. The van der Waals surface area contributed by atoms with Crippen molar-refractivity contribution in [2.45, 2.75) is 30.4 Å². The fourth-order valence-electron chi connectivity index (χ4n) is 2.39. The van der Waals surface area contributed by atoms with Gasteiger partial charge in [0.2, 0.25) is 0 Å². The maximum Gasteiger partial charge on any atom is 0.133 e. The Morgan fingerprint density at radius 2 is 2.35 bits per heavy atom. The molecule has 0 fully saturated rings. The van der Waals surface area contributed by atoms with Crippen LogP contribution in [0.2, 0.25) is 0 Å². The summed E-state index contributed by atoms with van der Waals surface area (Å²) in [5.74, 6) is 2.01. The van der Waals surface area contributed by atoms with E-state index in [1.807, 2.05) is 29.5 Å². The highest BCUT2D eigenvalue weighted by Crippen LogP contribution is 2.36. The largest absolute Gasteiger partial charge is 0.487 e. The summed E-state index contributed by atoms with van der Waals surface area (Å²) in [6, 6.07) is 8.62. The van der Waals surface area contributed by atoms with E-state index in [-0.39, 0.29) is 6.10 Å². The van der Waals surface area contributed by atoms with Crippen molar-refractivity contribution in [2.24, 2.45) is 0 Å². The zero-order valence-corrected chi connectivity index (χ0v) is 13.0. The normalized spacial score (nSPS) is 19.1. The molecule has 2 atom stereocenters. The maximum atomic E-state index is 6.20. The Bertz CT molecular complexity index is 545. The Morgan fingerprint density at radius 3 is 3.15 bits per heavy atom. The lowest BCUT2D eigenvalue weighted by atomic mass is 10.1. The van der Waals surface area contributed by atoms with Gasteiger partial charge in [-0.1, -0.05) is 19.1 Å². The lowest BCUT2D eigenvalue weighted by Crippen LogP contribution is -2.46. The Balaban J connectivity index is 1.72. The van der Waals surface area contributed by atoms with Gasteiger partial charge in [-0.25, -0.2) is 0 Å². The summed E-state index contributed by atoms with van der Waals surface area (Å²) in [4.78, 5) is 6.72. The Kier molecular flexibility index (Phi) is 4.60. The molecule has 1 N–H and O–H groups in total. The first-order valence-corrected chi connectivity index (χ1v) is 8.72. The average Bonchev–Trinajstić information content (AvgIpc) is 2.99. The SMILES string of the molecule is CCNC(Cc1cncs1)C1CSc2ccccc2O1. The van der Waals surface area contributed by atoms with Crippen LogP contribution >= 0.6 is 23.1 Å². The molecule has 106 valence electrons. The van der Waals surface area contributed by atoms with Crippen molar-refractivity contribution in [1.29, 1.82) is 0 Å². The van der Waals surface area contributed by atoms with Crippen LogP contribution in [0, 0.1) is 0 Å². The van der Waals surface area contributed by atoms with Gasteiger partial charge in [0.1, 0.15) is 11.9 Å². The number of para-hydroxylation sites is 1. The van der Waals surface area contributed by atoms with Gasteiger partial charge in [0, 0.05) is 34.2 Å². The molecule has 2 aromatic rings. The number of nitrogens with one attached hydrogen (secondary N) is 1. The van der Waals surface area contributed by atoms with Crippen LogP contribution in [-0.2, 0) is 6.42 Å². The fraction of sp³-hybridized carbons (Fsp3) is 0.400. The van der Waals surface area contributed by atoms with Gasteiger partial charge in [0.25, 0.3) is 0 Å². The van der Waals surface area contributed by atoms with E-state index in [1.165, 1.54) is 9.77 Å². The van der Waals surface area contributed by atoms with E-state index in [1.54, 1.807) is 11.3 Å². The van der Waals surface area contributed by atoms with Gasteiger partial charge in [-0.05, 0) is 18.7 Å². The van der Waals surface area contributed by atoms with Crippen LogP contribution in [0.25, 0.3) is 0 Å². The molecule has 3 nitrogen and oxygen atoms in total. The third kappa shape index (κ3) is 3.16. The summed E-state index contributed by atoms with van der Waals surface area (Å²) in [5, 5.41) is 3.56. The van der Waals surface area contributed by atoms with Crippen molar-refractivity contribution in [3.05, 3.63) is 40.8 Å². The summed E-state index contributed by atoms with van der Waals surface area (Å²) < 4.78 is 6.20. The zero-order valence-electron chi connectivity index (χ0n) is 11.4. The van der Waals surface area contributed by atoms with E-state index in [2.05, 4.69) is 35.4 Å². The molecular weight excluding hydrogens is 288 g/mol. The summed E-state index contributed by atoms with van der Waals surface area (Å²) in [6.45, 7) is 3.10. The van der Waals surface area contributed by atoms with Crippen molar-refractivity contribution >= 4 is 23.1 Å². The van der Waals surface area contributed by atoms with Crippen LogP contribution in [0.5, 0.6) is 5.75 Å². The molecular formula is C15H18N2OS2. The number of benzene rings is 1. The number of nitrogens with zero attached hydrogens (tertiary/aromatic N) is 1. The van der Waals surface area contributed by atoms with Gasteiger partial charge in [-0.2, -0.15) is 0 Å². The number of ether oxygens (including phenoxy) is 1. The molecule has 0 bridgehead atoms. The molecule has 1 aromatic heterocycles. The quantitative estimate of drug-likeness (QED) is 0.920. The third-order valence-corrected chi connectivity index (χ3v) is 5.30. The molecule has 0 saturated heterocycles. The van der Waals surface area contributed by atoms with Gasteiger partial charge in [-0.3, -0.25) is 4.98 Å². The van der Waals surface area contributed by atoms with Crippen LogP contribution in [0.1, 0.15) is 11.8 Å². The third-order valence-electron chi connectivity index (χ3n) is 3.35. The minimum atomic E-state index is 0.206. The molecule has 1 aromatic carbocycles. The van der Waals surface area contributed by atoms with Crippen LogP contribution in [0.15, 0.2) is 40.9 Å². The summed E-state index contributed by atoms with van der Waals surface area (Å²) in [5.41, 5.74) is 1.89. The van der Waals surface area contributed by atoms with Gasteiger partial charge >= 0.3 is 0 Å². The Morgan fingerprint density at radius 1 is 1.45 bits per heavy atom. The lowest BCUT2D eigenvalue weighted by Gasteiger charge is -2.32. The Labute approximate surface area is 127 Å². The van der Waals surface area contributed by atoms with E-state index in [9.17, 15) is 0 Å². The van der Waals surface area contributed by atoms with E-state index in [0.717, 1.165) is 24.5 Å². The number of thioether (sulfide) groups is 1. The minimum Gasteiger partial charge on any atom is -0.487 e. The number of thiazole rings is 1. The van der Waals surface area contributed by atoms with Crippen molar-refractivity contribution in [3.8, 4) is 5.75 Å². The highest BCUT2D eigenvalue weighted by molar-refractivity contribution is 7.99. The first kappa shape index (κ1) is 13.9. The van der Waals surface area contributed by atoms with Gasteiger partial charge in [0.15, 0.2) is 0 Å². The van der Waals surface area contributed by atoms with E-state index in [0.29, 0.717) is 6.04 Å². The van der Waals surface area contributed by atoms with Crippen molar-refractivity contribution in [1.82, 2.24) is 10.3 Å². The molecule has 1 aliphatic heterocycles. The van der Waals surface area contributed by atoms with Gasteiger partial charge in [-0.15, -0.1) is 23.1 Å². The van der Waals surface area contributed by atoms with Crippen molar-refractivity contribution in [2.75, 3.05) is 12.3 Å². The maximum absolute atomic E-state index is 6.20. The molecule has 0 amide bonds. The van der Waals surface area contributed by atoms with E-state index >= 15 is 0 Å². The Hall–Kier alpha value is -1.04. The summed E-state index contributed by atoms with van der Waals surface area (Å²) in [7, 11) is 0. The van der Waals surface area contributed by atoms with E-state index in [4.69, 9.17) is 4.74 Å². The zero-order chi connectivity index (χ0) is 13.8. The lowest BCUT2D eigenvalue weighted by molar-refractivity contribution is 0.166. The summed E-state index contributed by atoms with van der Waals surface area (Å²) in [6.07, 6.45) is 3.14. The van der Waals surface area contributed by atoms with Crippen LogP contribution in [0.3, 0.4) is 0 Å². The second-order valence-corrected chi connectivity index (χ2v) is 6.78. The molecule has 2 heterocycles. The molecule has 0 radical (unpaired) electrons. The molecule has 20 heavy (non-hydrogen) atoms. The first-order valence-electron chi connectivity index (χ1n) is 6.86. The van der Waals surface area contributed by atoms with Gasteiger partial charge < -0.3 is 10.1 Å². The highest BCUT2D eigenvalue weighted by Gasteiger charge is 2.28. The number of rotatable bonds is 5. The molecule has 5 heteroatoms. The molecule has 1 aliphatic rings. The number of hydrogen-bond donors (Lipinski definition) is 1. The molecule has 3 rings (SSSR count). The number of likely N-dealkylation sites (N-methyl/N-ethyl adjacent to an activating group) is 1. The second kappa shape index (κ2) is 6.61. The molecule has 2 unspecified atom stereocenters. The molecule has 0 aliphatic carbocycles. The average molecular weight is 306 g/mol. The number of aromatic nitrogens is 1. The predicted molar refractivity (Wildman–Crippen MR) is 84.9 cm³/mol. The summed E-state index contributed by atoms with van der Waals surface area (Å²) >= 11 is 3.60. The van der Waals surface area contributed by atoms with Crippen LogP contribution in [-0.4, -0.2) is 29.4 Å². The topological polar surface area (TPSA) is 34.2 Å². The van der Waals surface area contributed by atoms with Crippen molar-refractivity contribution < 1.29 is 4.74 Å². The smallest absolute Gasteiger partial charge is 0.133 e. The predicted octanol–water partition coefficient (Wildman–Crippen LogP) is 3.22. The second-order valence-electron chi connectivity index (χ2n) is 4.75. The van der Waals surface area contributed by atoms with Crippen LogP contribution in [0.4, 0.5) is 0 Å². The number of hydrogen-bond acceptors (Lipinski definition) is 5. The molecule has 0 saturated carbocycles.